The molecule has 5 nitrogen and oxygen atoms in total. The Morgan fingerprint density at radius 3 is 1.70 bits per heavy atom. The van der Waals surface area contributed by atoms with E-state index in [4.69, 9.17) is 5.11 Å². The van der Waals surface area contributed by atoms with Crippen molar-refractivity contribution in [1.29, 1.82) is 0 Å². The Hall–Kier alpha value is -0.810. The average molecular weight is 150 g/mol. The Kier molecular flexibility index (Phi) is 5.98. The summed E-state index contributed by atoms with van der Waals surface area (Å²) in [6.45, 7) is 5.04. The maximum Gasteiger partial charge on any atom is 0.506 e. The van der Waals surface area contributed by atoms with Crippen molar-refractivity contribution in [3.05, 3.63) is 0 Å². The van der Waals surface area contributed by atoms with E-state index in [0.717, 1.165) is 0 Å². The highest BCUT2D eigenvalue weighted by Gasteiger charge is 2.13. The van der Waals surface area contributed by atoms with Crippen LogP contribution in [-0.4, -0.2) is 16.9 Å². The van der Waals surface area contributed by atoms with E-state index < -0.39 is 11.8 Å². The van der Waals surface area contributed by atoms with Crippen molar-refractivity contribution >= 4 is 6.16 Å². The summed E-state index contributed by atoms with van der Waals surface area (Å²) in [6, 6.07) is 0. The van der Waals surface area contributed by atoms with E-state index >= 15 is 0 Å². The number of ether oxygens (including phenoxy) is 1. The highest BCUT2D eigenvalue weighted by molar-refractivity contribution is 5.57. The molecule has 0 bridgehead atoms. The van der Waals surface area contributed by atoms with E-state index in [1.807, 2.05) is 0 Å². The molecule has 0 aliphatic heterocycles. The summed E-state index contributed by atoms with van der Waals surface area (Å²) in [4.78, 5) is 9.79. The van der Waals surface area contributed by atoms with Crippen LogP contribution in [0, 0.1) is 0 Å². The van der Waals surface area contributed by atoms with Gasteiger partial charge in [-0.15, -0.1) is 0 Å². The van der Waals surface area contributed by atoms with Crippen molar-refractivity contribution in [2.45, 2.75) is 26.4 Å². The van der Waals surface area contributed by atoms with Gasteiger partial charge >= 0.3 is 6.16 Å². The Morgan fingerprint density at radius 2 is 1.70 bits per heavy atom. The second kappa shape index (κ2) is 5.01. The van der Waals surface area contributed by atoms with E-state index in [-0.39, 0.29) is 0 Å². The van der Waals surface area contributed by atoms with Crippen LogP contribution in [0.15, 0.2) is 0 Å². The number of nitrogens with two attached hydrogens (primary N) is 2. The third-order valence-electron chi connectivity index (χ3n) is 0.393. The summed E-state index contributed by atoms with van der Waals surface area (Å²) in [7, 11) is 0. The highest BCUT2D eigenvalue weighted by atomic mass is 16.7. The predicted octanol–water partition coefficient (Wildman–Crippen LogP) is 0.298. The van der Waals surface area contributed by atoms with Crippen molar-refractivity contribution in [3.63, 3.8) is 0 Å². The molecule has 0 spiro atoms. The van der Waals surface area contributed by atoms with Crippen LogP contribution < -0.4 is 11.7 Å². The normalized spacial score (nSPS) is 9.30. The molecule has 0 aromatic rings. The summed E-state index contributed by atoms with van der Waals surface area (Å²) in [5.41, 5.74) is -0.578. The first kappa shape index (κ1) is 11.9. The van der Waals surface area contributed by atoms with Crippen molar-refractivity contribution in [1.82, 2.24) is 0 Å². The fraction of sp³-hybridized carbons (Fsp3) is 0.800. The van der Waals surface area contributed by atoms with E-state index in [2.05, 4.69) is 16.4 Å². The highest BCUT2D eigenvalue weighted by Crippen LogP contribution is 2.05. The Labute approximate surface area is 59.9 Å². The second-order valence-corrected chi connectivity index (χ2v) is 2.48. The molecule has 0 amide bonds. The van der Waals surface area contributed by atoms with Crippen LogP contribution in [0.2, 0.25) is 0 Å². The molecular formula is C5H14N2O3. The average Bonchev–Trinajstić information content (AvgIpc) is 1.64. The van der Waals surface area contributed by atoms with Crippen LogP contribution >= 0.6 is 0 Å². The summed E-state index contributed by atoms with van der Waals surface area (Å²) >= 11 is 0. The Bertz CT molecular complexity index is 97.6. The number of hydrogen-bond acceptors (Lipinski definition) is 4. The quantitative estimate of drug-likeness (QED) is 0.262. The van der Waals surface area contributed by atoms with E-state index in [1.165, 1.54) is 0 Å². The SMILES string of the molecule is CC(C)(C)OC(=O)O.NN. The van der Waals surface area contributed by atoms with Gasteiger partial charge in [0.15, 0.2) is 0 Å². The lowest BCUT2D eigenvalue weighted by molar-refractivity contribution is 0.0150. The van der Waals surface area contributed by atoms with Crippen LogP contribution in [0.4, 0.5) is 4.79 Å². The van der Waals surface area contributed by atoms with Crippen molar-refractivity contribution in [3.8, 4) is 0 Å². The number of carbonyl (C=O) groups is 1. The summed E-state index contributed by atoms with van der Waals surface area (Å²) < 4.78 is 4.35. The van der Waals surface area contributed by atoms with Crippen LogP contribution in [0.5, 0.6) is 0 Å². The number of hydrogen-bond donors (Lipinski definition) is 3. The molecular weight excluding hydrogens is 136 g/mol. The molecule has 0 radical (unpaired) electrons. The zero-order valence-electron chi connectivity index (χ0n) is 6.42. The Balaban J connectivity index is 0. The van der Waals surface area contributed by atoms with Gasteiger partial charge < -0.3 is 9.84 Å². The third-order valence-corrected chi connectivity index (χ3v) is 0.393. The van der Waals surface area contributed by atoms with E-state index in [0.29, 0.717) is 0 Å². The first-order valence-corrected chi connectivity index (χ1v) is 2.67. The smallest absolute Gasteiger partial charge is 0.450 e. The van der Waals surface area contributed by atoms with Crippen LogP contribution in [0.1, 0.15) is 20.8 Å². The molecule has 0 aliphatic carbocycles. The molecule has 10 heavy (non-hydrogen) atoms. The summed E-state index contributed by atoms with van der Waals surface area (Å²) in [6.07, 6.45) is -1.22. The van der Waals surface area contributed by atoms with Gasteiger partial charge in [0, 0.05) is 0 Å². The topological polar surface area (TPSA) is 98.6 Å². The molecule has 0 aromatic heterocycles. The van der Waals surface area contributed by atoms with Gasteiger partial charge in [0.25, 0.3) is 0 Å². The van der Waals surface area contributed by atoms with E-state index in [1.54, 1.807) is 20.8 Å². The van der Waals surface area contributed by atoms with Gasteiger partial charge in [0.1, 0.15) is 5.60 Å². The van der Waals surface area contributed by atoms with Gasteiger partial charge in [-0.3, -0.25) is 11.7 Å². The maximum absolute atomic E-state index is 9.79. The minimum Gasteiger partial charge on any atom is -0.450 e. The minimum atomic E-state index is -1.22. The van der Waals surface area contributed by atoms with Gasteiger partial charge in [0.2, 0.25) is 0 Å². The van der Waals surface area contributed by atoms with Crippen molar-refractivity contribution in [2.24, 2.45) is 11.7 Å². The van der Waals surface area contributed by atoms with Crippen LogP contribution in [0.25, 0.3) is 0 Å². The van der Waals surface area contributed by atoms with Crippen molar-refractivity contribution < 1.29 is 14.6 Å². The molecule has 0 saturated carbocycles. The van der Waals surface area contributed by atoms with Crippen LogP contribution in [-0.2, 0) is 4.74 Å². The first-order valence-electron chi connectivity index (χ1n) is 2.67. The molecule has 0 rings (SSSR count). The lowest BCUT2D eigenvalue weighted by atomic mass is 10.2. The van der Waals surface area contributed by atoms with Gasteiger partial charge in [-0.2, -0.15) is 0 Å². The fourth-order valence-electron chi connectivity index (χ4n) is 0.262. The molecule has 62 valence electrons. The van der Waals surface area contributed by atoms with Gasteiger partial charge in [0.05, 0.1) is 0 Å². The molecule has 0 heterocycles. The number of rotatable bonds is 0. The molecule has 0 atom stereocenters. The van der Waals surface area contributed by atoms with Crippen molar-refractivity contribution in [2.75, 3.05) is 0 Å². The fourth-order valence-corrected chi connectivity index (χ4v) is 0.262. The molecule has 0 saturated heterocycles. The van der Waals surface area contributed by atoms with Gasteiger partial charge in [-0.05, 0) is 20.8 Å². The minimum absolute atomic E-state index is 0.578. The van der Waals surface area contributed by atoms with E-state index in [9.17, 15) is 4.79 Å². The van der Waals surface area contributed by atoms with Gasteiger partial charge in [-0.1, -0.05) is 0 Å². The van der Waals surface area contributed by atoms with Crippen LogP contribution in [0.3, 0.4) is 0 Å². The molecule has 0 aromatic carbocycles. The predicted molar refractivity (Wildman–Crippen MR) is 37.2 cm³/mol. The maximum atomic E-state index is 9.79. The largest absolute Gasteiger partial charge is 0.506 e. The Morgan fingerprint density at radius 1 is 1.40 bits per heavy atom. The first-order chi connectivity index (χ1) is 4.42. The van der Waals surface area contributed by atoms with Gasteiger partial charge in [-0.25, -0.2) is 4.79 Å². The second-order valence-electron chi connectivity index (χ2n) is 2.48. The number of carboxylic acid groups (broad SMARTS) is 1. The lowest BCUT2D eigenvalue weighted by Gasteiger charge is -2.15. The standard InChI is InChI=1S/C5H10O3.H4N2/c1-5(2,3)8-4(6)7;1-2/h1-3H3,(H,6,7);1-2H2. The molecule has 5 N–H and O–H groups in total. The zero-order valence-corrected chi connectivity index (χ0v) is 6.42. The summed E-state index contributed by atoms with van der Waals surface area (Å²) in [5.74, 6) is 8.00. The summed E-state index contributed by atoms with van der Waals surface area (Å²) in [5, 5.41) is 8.03. The lowest BCUT2D eigenvalue weighted by Crippen LogP contribution is -2.22. The monoisotopic (exact) mass is 150 g/mol. The molecule has 5 heteroatoms. The zero-order chi connectivity index (χ0) is 8.78. The third kappa shape index (κ3) is 15.7. The number of hydrazine groups is 1. The molecule has 0 fully saturated rings. The molecule has 0 aliphatic rings. The molecule has 0 unspecified atom stereocenters.